The number of thiophene rings is 1. The Bertz CT molecular complexity index is 1410. The highest BCUT2D eigenvalue weighted by Crippen LogP contribution is 2.35. The molecule has 0 saturated carbocycles. The van der Waals surface area contributed by atoms with Gasteiger partial charge in [-0.15, -0.1) is 11.3 Å². The van der Waals surface area contributed by atoms with Gasteiger partial charge in [0, 0.05) is 19.0 Å². The van der Waals surface area contributed by atoms with Crippen LogP contribution in [0, 0.1) is 5.82 Å². The van der Waals surface area contributed by atoms with Crippen LogP contribution in [0.3, 0.4) is 0 Å². The number of carbonyl (C=O) groups excluding carboxylic acids is 1. The number of hydrogen-bond acceptors (Lipinski definition) is 8. The van der Waals surface area contributed by atoms with E-state index in [1.807, 2.05) is 0 Å². The number of rotatable bonds is 8. The fraction of sp³-hybridized carbons (Fsp3) is 0.280. The maximum absolute atomic E-state index is 13.3. The third-order valence-electron chi connectivity index (χ3n) is 5.91. The van der Waals surface area contributed by atoms with Crippen LogP contribution in [0.5, 0.6) is 5.75 Å². The number of ether oxygens (including phenoxy) is 1. The molecule has 3 aromatic rings. The maximum Gasteiger partial charge on any atom is 0.437 e. The van der Waals surface area contributed by atoms with Crippen LogP contribution < -0.4 is 10.1 Å². The minimum absolute atomic E-state index is 0.132. The highest BCUT2D eigenvalue weighted by atomic mass is 32.2. The summed E-state index contributed by atoms with van der Waals surface area (Å²) >= 11 is 1.21. The van der Waals surface area contributed by atoms with Gasteiger partial charge in [0.25, 0.3) is 0 Å². The summed E-state index contributed by atoms with van der Waals surface area (Å²) in [5, 5.41) is 18.6. The molecule has 37 heavy (non-hydrogen) atoms. The van der Waals surface area contributed by atoms with Crippen molar-refractivity contribution in [2.75, 3.05) is 26.0 Å². The van der Waals surface area contributed by atoms with Crippen LogP contribution in [-0.2, 0) is 21.3 Å². The zero-order valence-electron chi connectivity index (χ0n) is 20.2. The first kappa shape index (κ1) is 26.7. The summed E-state index contributed by atoms with van der Waals surface area (Å²) in [4.78, 5) is 18.1. The number of aliphatic hydroxyl groups excluding tert-OH is 1. The van der Waals surface area contributed by atoms with Crippen molar-refractivity contribution < 1.29 is 32.3 Å². The van der Waals surface area contributed by atoms with Crippen molar-refractivity contribution in [2.45, 2.75) is 30.3 Å². The number of oxime groups is 1. The van der Waals surface area contributed by atoms with Crippen LogP contribution in [0.15, 0.2) is 64.0 Å². The normalized spacial score (nSPS) is 15.3. The molecule has 0 radical (unpaired) electrons. The molecule has 9 nitrogen and oxygen atoms in total. The number of anilines is 1. The first-order valence-electron chi connectivity index (χ1n) is 11.4. The molecule has 0 saturated heterocycles. The van der Waals surface area contributed by atoms with E-state index in [2.05, 4.69) is 10.5 Å². The van der Waals surface area contributed by atoms with Crippen LogP contribution >= 0.6 is 11.3 Å². The topological polar surface area (TPSA) is 118 Å². The quantitative estimate of drug-likeness (QED) is 0.316. The Hall–Kier alpha value is -3.32. The number of nitrogens with zero attached hydrogens (tertiary/aromatic N) is 2. The number of halogens is 1. The first-order chi connectivity index (χ1) is 17.7. The van der Waals surface area contributed by atoms with Gasteiger partial charge < -0.3 is 9.84 Å². The number of aliphatic hydroxyl groups is 1. The predicted molar refractivity (Wildman–Crippen MR) is 138 cm³/mol. The molecule has 1 aromatic heterocycles. The van der Waals surface area contributed by atoms with Gasteiger partial charge in [-0.3, -0.25) is 10.2 Å². The first-order valence-corrected chi connectivity index (χ1v) is 13.7. The summed E-state index contributed by atoms with van der Waals surface area (Å²) in [5.41, 5.74) is 1.92. The van der Waals surface area contributed by atoms with Crippen LogP contribution in [0.25, 0.3) is 0 Å². The average Bonchev–Trinajstić information content (AvgIpc) is 3.34. The van der Waals surface area contributed by atoms with Crippen LogP contribution in [0.4, 0.5) is 14.9 Å². The second kappa shape index (κ2) is 11.4. The highest BCUT2D eigenvalue weighted by Gasteiger charge is 2.31. The van der Waals surface area contributed by atoms with Crippen molar-refractivity contribution in [3.05, 3.63) is 75.7 Å². The number of amides is 1. The molecule has 1 unspecified atom stereocenters. The van der Waals surface area contributed by atoms with Gasteiger partial charge in [-0.05, 0) is 54.7 Å². The number of para-hydroxylation sites is 2. The second-order valence-corrected chi connectivity index (χ2v) is 11.2. The molecule has 1 heterocycles. The van der Waals surface area contributed by atoms with E-state index in [9.17, 15) is 22.7 Å². The summed E-state index contributed by atoms with van der Waals surface area (Å²) in [6.07, 6.45) is -0.252. The molecule has 1 aliphatic rings. The van der Waals surface area contributed by atoms with E-state index in [4.69, 9.17) is 9.57 Å². The number of sulfonamides is 1. The molecule has 0 fully saturated rings. The van der Waals surface area contributed by atoms with Crippen LogP contribution in [-0.4, -0.2) is 50.3 Å². The van der Waals surface area contributed by atoms with Gasteiger partial charge in [-0.1, -0.05) is 29.4 Å². The molecule has 2 N–H and O–H groups in total. The number of fused-ring (bicyclic) bond motifs is 1. The largest absolute Gasteiger partial charge is 0.495 e. The smallest absolute Gasteiger partial charge is 0.437 e. The number of methoxy groups -OCH3 is 1. The molecular formula is C25H26FN3O6S2. The van der Waals surface area contributed by atoms with E-state index in [0.29, 0.717) is 52.4 Å². The van der Waals surface area contributed by atoms with Gasteiger partial charge in [0.15, 0.2) is 0 Å². The van der Waals surface area contributed by atoms with E-state index in [1.54, 1.807) is 24.3 Å². The lowest BCUT2D eigenvalue weighted by atomic mass is 9.98. The average molecular weight is 548 g/mol. The summed E-state index contributed by atoms with van der Waals surface area (Å²) in [5.74, 6) is 0.0226. The Balaban J connectivity index is 1.48. The van der Waals surface area contributed by atoms with Gasteiger partial charge in [0.1, 0.15) is 11.6 Å². The Morgan fingerprint density at radius 3 is 2.68 bits per heavy atom. The molecular weight excluding hydrogens is 521 g/mol. The molecule has 196 valence electrons. The van der Waals surface area contributed by atoms with E-state index in [1.165, 1.54) is 55.1 Å². The van der Waals surface area contributed by atoms with Gasteiger partial charge >= 0.3 is 6.09 Å². The number of carbonyl (C=O) groups is 1. The van der Waals surface area contributed by atoms with Crippen LogP contribution in [0.1, 0.15) is 34.9 Å². The van der Waals surface area contributed by atoms with Crippen molar-refractivity contribution in [3.63, 3.8) is 0 Å². The second-order valence-electron chi connectivity index (χ2n) is 8.36. The lowest BCUT2D eigenvalue weighted by molar-refractivity contribution is 0.155. The molecule has 1 aliphatic carbocycles. The molecule has 0 bridgehead atoms. The predicted octanol–water partition coefficient (Wildman–Crippen LogP) is 4.54. The van der Waals surface area contributed by atoms with Gasteiger partial charge in [0.2, 0.25) is 10.0 Å². The third kappa shape index (κ3) is 5.99. The van der Waals surface area contributed by atoms with E-state index < -0.39 is 28.0 Å². The van der Waals surface area contributed by atoms with E-state index in [0.717, 1.165) is 4.31 Å². The van der Waals surface area contributed by atoms with E-state index in [-0.39, 0.29) is 11.4 Å². The van der Waals surface area contributed by atoms with Crippen molar-refractivity contribution >= 4 is 38.9 Å². The monoisotopic (exact) mass is 547 g/mol. The Kier molecular flexibility index (Phi) is 8.22. The molecule has 4 rings (SSSR count). The van der Waals surface area contributed by atoms with Crippen molar-refractivity contribution in [1.29, 1.82) is 0 Å². The van der Waals surface area contributed by atoms with Crippen molar-refractivity contribution in [2.24, 2.45) is 5.16 Å². The van der Waals surface area contributed by atoms with Gasteiger partial charge in [-0.25, -0.2) is 17.6 Å². The molecule has 1 amide bonds. The molecule has 12 heteroatoms. The minimum atomic E-state index is -3.93. The molecule has 0 spiro atoms. The standard InChI is InChI=1S/C25H26FN3O6S2/c1-29(14-21(30)16-10-12-17(26)13-11-16)37(32,33)23-15-36-24-18(23)6-5-8-20(24)28-35-25(31)27-19-7-3-4-9-22(19)34-2/h3-4,7,9-13,15,21,30H,5-6,8,14H2,1-2H3,(H,27,31)/b28-20-. The fourth-order valence-corrected chi connectivity index (χ4v) is 6.85. The third-order valence-corrected chi connectivity index (χ3v) is 9.02. The molecule has 0 aliphatic heterocycles. The highest BCUT2D eigenvalue weighted by molar-refractivity contribution is 7.89. The summed E-state index contributed by atoms with van der Waals surface area (Å²) in [6, 6.07) is 12.1. The SMILES string of the molecule is COc1ccccc1NC(=O)O/N=C1/CCCc2c(S(=O)(=O)N(C)CC(O)c3ccc(F)cc3)csc21. The zero-order valence-corrected chi connectivity index (χ0v) is 21.8. The molecule has 1 atom stereocenters. The number of likely N-dealkylation sites (N-methyl/N-ethyl adjacent to an activating group) is 1. The summed E-state index contributed by atoms with van der Waals surface area (Å²) < 4.78 is 46.1. The lowest BCUT2D eigenvalue weighted by Gasteiger charge is -2.22. The number of benzene rings is 2. The zero-order chi connectivity index (χ0) is 26.6. The summed E-state index contributed by atoms with van der Waals surface area (Å²) in [7, 11) is -1.06. The van der Waals surface area contributed by atoms with Gasteiger partial charge in [-0.2, -0.15) is 4.31 Å². The molecule has 2 aromatic carbocycles. The maximum atomic E-state index is 13.3. The minimum Gasteiger partial charge on any atom is -0.495 e. The number of nitrogens with one attached hydrogen (secondary N) is 1. The Morgan fingerprint density at radius 1 is 1.22 bits per heavy atom. The summed E-state index contributed by atoms with van der Waals surface area (Å²) in [6.45, 7) is -0.203. The van der Waals surface area contributed by atoms with Crippen molar-refractivity contribution in [1.82, 2.24) is 4.31 Å². The van der Waals surface area contributed by atoms with Crippen molar-refractivity contribution in [3.8, 4) is 5.75 Å². The number of hydrogen-bond donors (Lipinski definition) is 2. The van der Waals surface area contributed by atoms with Crippen LogP contribution in [0.2, 0.25) is 0 Å². The Morgan fingerprint density at radius 2 is 1.95 bits per heavy atom. The lowest BCUT2D eigenvalue weighted by Crippen LogP contribution is -2.31. The Labute approximate surface area is 218 Å². The van der Waals surface area contributed by atoms with Gasteiger partial charge in [0.05, 0.1) is 34.4 Å². The van der Waals surface area contributed by atoms with E-state index >= 15 is 0 Å². The fourth-order valence-electron chi connectivity index (χ4n) is 3.97.